The van der Waals surface area contributed by atoms with Crippen molar-refractivity contribution in [1.29, 1.82) is 0 Å². The molecule has 0 bridgehead atoms. The maximum atomic E-state index is 9.21. The van der Waals surface area contributed by atoms with Crippen LogP contribution >= 0.6 is 11.3 Å². The van der Waals surface area contributed by atoms with Gasteiger partial charge in [0.15, 0.2) is 0 Å². The minimum atomic E-state index is 0.135. The molecule has 68 valence electrons. The van der Waals surface area contributed by atoms with E-state index in [4.69, 9.17) is 0 Å². The highest BCUT2D eigenvalue weighted by Crippen LogP contribution is 2.29. The maximum Gasteiger partial charge on any atom is 0.0688 e. The van der Waals surface area contributed by atoms with Crippen LogP contribution in [0.4, 0.5) is 0 Å². The number of aliphatic hydroxyl groups is 1. The molecule has 2 aromatic rings. The topological polar surface area (TPSA) is 20.2 Å². The van der Waals surface area contributed by atoms with Gasteiger partial charge in [0.25, 0.3) is 0 Å². The lowest BCUT2D eigenvalue weighted by Gasteiger charge is -2.02. The molecular weight excluding hydrogens is 180 g/mol. The van der Waals surface area contributed by atoms with Gasteiger partial charge >= 0.3 is 0 Å². The molecule has 0 aliphatic rings. The molecule has 2 rings (SSSR count). The van der Waals surface area contributed by atoms with Gasteiger partial charge in [0.1, 0.15) is 0 Å². The Morgan fingerprint density at radius 2 is 2.08 bits per heavy atom. The van der Waals surface area contributed by atoms with Crippen LogP contribution in [0.25, 0.3) is 10.1 Å². The summed E-state index contributed by atoms with van der Waals surface area (Å²) in [7, 11) is 0. The molecule has 0 saturated carbocycles. The first kappa shape index (κ1) is 8.73. The Balaban J connectivity index is 2.85. The van der Waals surface area contributed by atoms with Crippen molar-refractivity contribution in [3.05, 3.63) is 34.2 Å². The molecule has 1 nitrogen and oxygen atoms in total. The predicted molar refractivity (Wildman–Crippen MR) is 57.2 cm³/mol. The number of hydrogen-bond donors (Lipinski definition) is 1. The van der Waals surface area contributed by atoms with E-state index < -0.39 is 0 Å². The molecular formula is C11H12OS. The first-order valence-corrected chi connectivity index (χ1v) is 5.18. The molecule has 0 aliphatic heterocycles. The quantitative estimate of drug-likeness (QED) is 0.736. The Kier molecular flexibility index (Phi) is 2.10. The Bertz CT molecular complexity index is 443. The zero-order valence-corrected chi connectivity index (χ0v) is 8.61. The van der Waals surface area contributed by atoms with E-state index in [-0.39, 0.29) is 6.61 Å². The smallest absolute Gasteiger partial charge is 0.0688 e. The lowest BCUT2D eigenvalue weighted by molar-refractivity contribution is 0.283. The van der Waals surface area contributed by atoms with Crippen molar-refractivity contribution in [2.75, 3.05) is 0 Å². The van der Waals surface area contributed by atoms with Gasteiger partial charge in [-0.1, -0.05) is 6.07 Å². The number of aliphatic hydroxyl groups excluding tert-OH is 1. The summed E-state index contributed by atoms with van der Waals surface area (Å²) < 4.78 is 1.28. The van der Waals surface area contributed by atoms with Crippen LogP contribution < -0.4 is 0 Å². The highest BCUT2D eigenvalue weighted by Gasteiger charge is 2.05. The predicted octanol–water partition coefficient (Wildman–Crippen LogP) is 3.01. The minimum Gasteiger partial charge on any atom is -0.392 e. The number of hydrogen-bond acceptors (Lipinski definition) is 2. The fourth-order valence-corrected chi connectivity index (χ4v) is 2.79. The molecule has 1 heterocycles. The van der Waals surface area contributed by atoms with Crippen molar-refractivity contribution in [3.63, 3.8) is 0 Å². The third-order valence-electron chi connectivity index (χ3n) is 2.26. The highest BCUT2D eigenvalue weighted by molar-refractivity contribution is 7.17. The first-order chi connectivity index (χ1) is 6.22. The molecule has 0 unspecified atom stereocenters. The van der Waals surface area contributed by atoms with Crippen LogP contribution in [0.5, 0.6) is 0 Å². The largest absolute Gasteiger partial charge is 0.392 e. The molecule has 1 aromatic heterocycles. The summed E-state index contributed by atoms with van der Waals surface area (Å²) in [6, 6.07) is 4.23. The first-order valence-electron chi connectivity index (χ1n) is 4.30. The zero-order chi connectivity index (χ0) is 9.42. The SMILES string of the molecule is Cc1cc(CO)c2c(C)csc2c1. The molecule has 0 radical (unpaired) electrons. The molecule has 0 aliphatic carbocycles. The number of fused-ring (bicyclic) bond motifs is 1. The lowest BCUT2D eigenvalue weighted by atomic mass is 10.1. The average Bonchev–Trinajstić information content (AvgIpc) is 2.46. The molecule has 0 atom stereocenters. The third kappa shape index (κ3) is 1.36. The van der Waals surface area contributed by atoms with E-state index in [2.05, 4.69) is 31.4 Å². The Morgan fingerprint density at radius 1 is 1.31 bits per heavy atom. The van der Waals surface area contributed by atoms with Gasteiger partial charge in [-0.25, -0.2) is 0 Å². The summed E-state index contributed by atoms with van der Waals surface area (Å²) in [6.07, 6.45) is 0. The minimum absolute atomic E-state index is 0.135. The van der Waals surface area contributed by atoms with Gasteiger partial charge in [0, 0.05) is 10.1 Å². The molecule has 0 saturated heterocycles. The van der Waals surface area contributed by atoms with Gasteiger partial charge in [-0.05, 0) is 42.0 Å². The van der Waals surface area contributed by atoms with Gasteiger partial charge in [0.05, 0.1) is 6.61 Å². The molecule has 2 heteroatoms. The molecule has 0 spiro atoms. The lowest BCUT2D eigenvalue weighted by Crippen LogP contribution is -1.86. The summed E-state index contributed by atoms with van der Waals surface area (Å²) >= 11 is 1.75. The van der Waals surface area contributed by atoms with E-state index in [0.29, 0.717) is 0 Å². The van der Waals surface area contributed by atoms with E-state index in [0.717, 1.165) is 5.56 Å². The Labute approximate surface area is 81.6 Å². The maximum absolute atomic E-state index is 9.21. The third-order valence-corrected chi connectivity index (χ3v) is 3.30. The van der Waals surface area contributed by atoms with Crippen molar-refractivity contribution in [3.8, 4) is 0 Å². The number of benzene rings is 1. The van der Waals surface area contributed by atoms with Crippen molar-refractivity contribution in [2.24, 2.45) is 0 Å². The highest BCUT2D eigenvalue weighted by atomic mass is 32.1. The van der Waals surface area contributed by atoms with Gasteiger partial charge in [-0.15, -0.1) is 11.3 Å². The summed E-state index contributed by atoms with van der Waals surface area (Å²) in [4.78, 5) is 0. The van der Waals surface area contributed by atoms with E-state index in [1.165, 1.54) is 21.2 Å². The average molecular weight is 192 g/mol. The summed E-state index contributed by atoms with van der Waals surface area (Å²) in [5.41, 5.74) is 3.54. The van der Waals surface area contributed by atoms with E-state index >= 15 is 0 Å². The standard InChI is InChI=1S/C11H12OS/c1-7-3-9(5-12)11-8(2)6-13-10(11)4-7/h3-4,6,12H,5H2,1-2H3. The van der Waals surface area contributed by atoms with Crippen LogP contribution in [0.15, 0.2) is 17.5 Å². The normalized spacial score (nSPS) is 11.0. The van der Waals surface area contributed by atoms with E-state index in [9.17, 15) is 5.11 Å². The van der Waals surface area contributed by atoms with Gasteiger partial charge in [-0.2, -0.15) is 0 Å². The molecule has 0 amide bonds. The second-order valence-corrected chi connectivity index (χ2v) is 4.29. The van der Waals surface area contributed by atoms with Crippen LogP contribution in [0.1, 0.15) is 16.7 Å². The number of rotatable bonds is 1. The summed E-state index contributed by atoms with van der Waals surface area (Å²) in [5.74, 6) is 0. The monoisotopic (exact) mass is 192 g/mol. The van der Waals surface area contributed by atoms with Crippen LogP contribution in [0, 0.1) is 13.8 Å². The van der Waals surface area contributed by atoms with E-state index in [1.54, 1.807) is 11.3 Å². The van der Waals surface area contributed by atoms with Gasteiger partial charge in [-0.3, -0.25) is 0 Å². The Hall–Kier alpha value is -0.860. The van der Waals surface area contributed by atoms with E-state index in [1.807, 2.05) is 0 Å². The van der Waals surface area contributed by atoms with Crippen LogP contribution in [0.2, 0.25) is 0 Å². The fraction of sp³-hybridized carbons (Fsp3) is 0.273. The van der Waals surface area contributed by atoms with Crippen molar-refractivity contribution >= 4 is 21.4 Å². The second-order valence-electron chi connectivity index (χ2n) is 3.37. The van der Waals surface area contributed by atoms with Crippen LogP contribution in [-0.4, -0.2) is 5.11 Å². The molecule has 0 fully saturated rings. The molecule has 1 aromatic carbocycles. The van der Waals surface area contributed by atoms with Crippen molar-refractivity contribution in [1.82, 2.24) is 0 Å². The number of thiophene rings is 1. The van der Waals surface area contributed by atoms with Crippen LogP contribution in [0.3, 0.4) is 0 Å². The Morgan fingerprint density at radius 3 is 2.77 bits per heavy atom. The zero-order valence-electron chi connectivity index (χ0n) is 7.79. The molecule has 1 N–H and O–H groups in total. The van der Waals surface area contributed by atoms with Crippen molar-refractivity contribution in [2.45, 2.75) is 20.5 Å². The van der Waals surface area contributed by atoms with Gasteiger partial charge < -0.3 is 5.11 Å². The summed E-state index contributed by atoms with van der Waals surface area (Å²) in [5, 5.41) is 12.6. The van der Waals surface area contributed by atoms with Gasteiger partial charge in [0.2, 0.25) is 0 Å². The second kappa shape index (κ2) is 3.13. The summed E-state index contributed by atoms with van der Waals surface area (Å²) in [6.45, 7) is 4.29. The van der Waals surface area contributed by atoms with Crippen molar-refractivity contribution < 1.29 is 5.11 Å². The number of aryl methyl sites for hydroxylation is 2. The van der Waals surface area contributed by atoms with Crippen LogP contribution in [-0.2, 0) is 6.61 Å². The molecule has 13 heavy (non-hydrogen) atoms. The fourth-order valence-electron chi connectivity index (χ4n) is 1.70.